The molecule has 0 N–H and O–H groups in total. The van der Waals surface area contributed by atoms with E-state index >= 15 is 0 Å². The van der Waals surface area contributed by atoms with Gasteiger partial charge in [-0.2, -0.15) is 5.26 Å². The molecule has 0 fully saturated rings. The summed E-state index contributed by atoms with van der Waals surface area (Å²) in [5.74, 6) is 1.53. The lowest BCUT2D eigenvalue weighted by Crippen LogP contribution is -1.97. The predicted octanol–water partition coefficient (Wildman–Crippen LogP) is 2.66. The summed E-state index contributed by atoms with van der Waals surface area (Å²) in [7, 11) is 0. The maximum atomic E-state index is 8.69. The number of fused-ring (bicyclic) bond motifs is 1. The molecule has 0 aliphatic carbocycles. The summed E-state index contributed by atoms with van der Waals surface area (Å²) >= 11 is 1.47. The van der Waals surface area contributed by atoms with Crippen molar-refractivity contribution in [2.24, 2.45) is 0 Å². The first kappa shape index (κ1) is 12.8. The third-order valence-corrected chi connectivity index (χ3v) is 3.59. The van der Waals surface area contributed by atoms with Gasteiger partial charge in [-0.1, -0.05) is 11.8 Å². The van der Waals surface area contributed by atoms with E-state index in [9.17, 15) is 0 Å². The highest BCUT2D eigenvalue weighted by Gasteiger charge is 2.11. The van der Waals surface area contributed by atoms with Crippen molar-refractivity contribution in [1.82, 2.24) is 9.97 Å². The number of benzene rings is 1. The van der Waals surface area contributed by atoms with Crippen LogP contribution in [0.1, 0.15) is 12.1 Å². The number of ether oxygens (including phenoxy) is 2. The van der Waals surface area contributed by atoms with E-state index in [2.05, 4.69) is 9.97 Å². The van der Waals surface area contributed by atoms with E-state index in [4.69, 9.17) is 14.7 Å². The molecular weight excluding hydrogens is 274 g/mol. The van der Waals surface area contributed by atoms with Crippen LogP contribution in [0, 0.1) is 11.3 Å². The molecule has 0 saturated carbocycles. The molecule has 0 amide bonds. The van der Waals surface area contributed by atoms with Crippen molar-refractivity contribution in [2.75, 3.05) is 13.2 Å². The van der Waals surface area contributed by atoms with E-state index < -0.39 is 0 Å². The topological polar surface area (TPSA) is 68.0 Å². The summed E-state index contributed by atoms with van der Waals surface area (Å²) in [6, 6.07) is 7.74. The summed E-state index contributed by atoms with van der Waals surface area (Å²) in [4.78, 5) is 9.17. The van der Waals surface area contributed by atoms with Crippen LogP contribution in [0.4, 0.5) is 0 Å². The zero-order chi connectivity index (χ0) is 13.8. The van der Waals surface area contributed by atoms with E-state index in [1.807, 2.05) is 24.3 Å². The Labute approximate surface area is 120 Å². The Morgan fingerprint density at radius 2 is 1.95 bits per heavy atom. The molecule has 5 nitrogen and oxygen atoms in total. The van der Waals surface area contributed by atoms with Crippen molar-refractivity contribution in [3.63, 3.8) is 0 Å². The summed E-state index contributed by atoms with van der Waals surface area (Å²) in [5.41, 5.74) is 0.313. The lowest BCUT2D eigenvalue weighted by atomic mass is 10.3. The van der Waals surface area contributed by atoms with Gasteiger partial charge in [0.2, 0.25) is 0 Å². The van der Waals surface area contributed by atoms with Crippen LogP contribution in [0.25, 0.3) is 0 Å². The van der Waals surface area contributed by atoms with Crippen LogP contribution in [0.15, 0.2) is 40.5 Å². The molecule has 100 valence electrons. The molecule has 3 rings (SSSR count). The van der Waals surface area contributed by atoms with Crippen LogP contribution in [0.3, 0.4) is 0 Å². The first-order valence-electron chi connectivity index (χ1n) is 6.15. The van der Waals surface area contributed by atoms with Gasteiger partial charge in [0.15, 0.2) is 17.2 Å². The van der Waals surface area contributed by atoms with Crippen LogP contribution in [0.5, 0.6) is 11.5 Å². The van der Waals surface area contributed by atoms with Gasteiger partial charge in [0.1, 0.15) is 11.1 Å². The van der Waals surface area contributed by atoms with E-state index in [1.165, 1.54) is 18.0 Å². The second-order valence-corrected chi connectivity index (χ2v) is 5.21. The van der Waals surface area contributed by atoms with Crippen molar-refractivity contribution in [1.29, 1.82) is 5.26 Å². The average Bonchev–Trinajstić information content (AvgIpc) is 2.73. The van der Waals surface area contributed by atoms with Crippen molar-refractivity contribution in [3.05, 3.63) is 36.3 Å². The van der Waals surface area contributed by atoms with Crippen molar-refractivity contribution >= 4 is 11.8 Å². The van der Waals surface area contributed by atoms with Gasteiger partial charge in [-0.05, 0) is 18.2 Å². The molecule has 0 radical (unpaired) electrons. The van der Waals surface area contributed by atoms with Gasteiger partial charge in [0.05, 0.1) is 25.6 Å². The molecule has 1 aliphatic heterocycles. The normalized spacial score (nSPS) is 13.3. The summed E-state index contributed by atoms with van der Waals surface area (Å²) in [6.45, 7) is 1.35. The third kappa shape index (κ3) is 2.83. The van der Waals surface area contributed by atoms with Gasteiger partial charge in [0, 0.05) is 11.3 Å². The van der Waals surface area contributed by atoms with E-state index in [0.29, 0.717) is 18.9 Å². The number of rotatable bonds is 2. The molecule has 0 spiro atoms. The fourth-order valence-electron chi connectivity index (χ4n) is 1.75. The lowest BCUT2D eigenvalue weighted by Gasteiger charge is -2.08. The maximum Gasteiger partial charge on any atom is 0.162 e. The molecule has 1 aromatic carbocycles. The van der Waals surface area contributed by atoms with Gasteiger partial charge < -0.3 is 9.47 Å². The van der Waals surface area contributed by atoms with Crippen LogP contribution < -0.4 is 9.47 Å². The van der Waals surface area contributed by atoms with Gasteiger partial charge in [0.25, 0.3) is 0 Å². The fraction of sp³-hybridized carbons (Fsp3) is 0.214. The van der Waals surface area contributed by atoms with Crippen molar-refractivity contribution in [2.45, 2.75) is 16.3 Å². The average molecular weight is 285 g/mol. The molecule has 1 aromatic heterocycles. The number of nitriles is 1. The molecule has 6 heteroatoms. The predicted molar refractivity (Wildman–Crippen MR) is 72.9 cm³/mol. The lowest BCUT2D eigenvalue weighted by molar-refractivity contribution is 0.297. The van der Waals surface area contributed by atoms with Crippen molar-refractivity contribution < 1.29 is 9.47 Å². The summed E-state index contributed by atoms with van der Waals surface area (Å²) < 4.78 is 11.2. The first-order chi connectivity index (χ1) is 9.85. The Morgan fingerprint density at radius 1 is 1.10 bits per heavy atom. The molecule has 1 aliphatic rings. The highest BCUT2D eigenvalue weighted by Crippen LogP contribution is 2.35. The number of hydrogen-bond acceptors (Lipinski definition) is 6. The highest BCUT2D eigenvalue weighted by atomic mass is 32.2. The smallest absolute Gasteiger partial charge is 0.162 e. The second kappa shape index (κ2) is 5.80. The monoisotopic (exact) mass is 285 g/mol. The number of hydrogen-bond donors (Lipinski definition) is 0. The Bertz CT molecular complexity index is 652. The van der Waals surface area contributed by atoms with Crippen molar-refractivity contribution in [3.8, 4) is 17.6 Å². The first-order valence-corrected chi connectivity index (χ1v) is 6.96. The van der Waals surface area contributed by atoms with Gasteiger partial charge >= 0.3 is 0 Å². The van der Waals surface area contributed by atoms with Gasteiger partial charge in [-0.25, -0.2) is 9.97 Å². The molecule has 0 atom stereocenters. The molecule has 2 aromatic rings. The fourth-order valence-corrected chi connectivity index (χ4v) is 2.51. The largest absolute Gasteiger partial charge is 0.490 e. The minimum absolute atomic E-state index is 0.313. The Hall–Kier alpha value is -2.26. The minimum Gasteiger partial charge on any atom is -0.490 e. The van der Waals surface area contributed by atoms with Gasteiger partial charge in [-0.15, -0.1) is 0 Å². The molecule has 0 bridgehead atoms. The van der Waals surface area contributed by atoms with Crippen LogP contribution in [0.2, 0.25) is 0 Å². The molecule has 20 heavy (non-hydrogen) atoms. The molecule has 0 unspecified atom stereocenters. The van der Waals surface area contributed by atoms with E-state index in [0.717, 1.165) is 27.8 Å². The quantitative estimate of drug-likeness (QED) is 0.845. The Kier molecular flexibility index (Phi) is 3.70. The SMILES string of the molecule is N#Cc1cnc(Sc2ccc3c(c2)OCCCO3)cn1. The van der Waals surface area contributed by atoms with Gasteiger partial charge in [-0.3, -0.25) is 0 Å². The van der Waals surface area contributed by atoms with E-state index in [-0.39, 0.29) is 0 Å². The molecule has 0 saturated heterocycles. The van der Waals surface area contributed by atoms with Crippen LogP contribution in [-0.4, -0.2) is 23.2 Å². The summed E-state index contributed by atoms with van der Waals surface area (Å²) in [5, 5.41) is 9.42. The number of aromatic nitrogens is 2. The number of nitrogens with zero attached hydrogens (tertiary/aromatic N) is 3. The highest BCUT2D eigenvalue weighted by molar-refractivity contribution is 7.99. The Morgan fingerprint density at radius 3 is 2.70 bits per heavy atom. The zero-order valence-corrected chi connectivity index (χ0v) is 11.4. The minimum atomic E-state index is 0.313. The third-order valence-electron chi connectivity index (χ3n) is 2.68. The maximum absolute atomic E-state index is 8.69. The molecular formula is C14H11N3O2S. The second-order valence-electron chi connectivity index (χ2n) is 4.11. The molecule has 2 heterocycles. The van der Waals surface area contributed by atoms with E-state index in [1.54, 1.807) is 6.20 Å². The van der Waals surface area contributed by atoms with Crippen LogP contribution >= 0.6 is 11.8 Å². The summed E-state index contributed by atoms with van der Waals surface area (Å²) in [6.07, 6.45) is 3.94. The standard InChI is InChI=1S/C14H11N3O2S/c15-7-10-8-17-14(9-16-10)20-11-2-3-12-13(6-11)19-5-1-4-18-12/h2-3,6,8-9H,1,4-5H2. The van der Waals surface area contributed by atoms with Crippen LogP contribution in [-0.2, 0) is 0 Å². The zero-order valence-electron chi connectivity index (χ0n) is 10.6. The Balaban J connectivity index is 1.80.